The van der Waals surface area contributed by atoms with Crippen LogP contribution in [0.4, 0.5) is 0 Å². The highest BCUT2D eigenvalue weighted by atomic mass is 35.5. The van der Waals surface area contributed by atoms with E-state index >= 15 is 0 Å². The summed E-state index contributed by atoms with van der Waals surface area (Å²) in [5.41, 5.74) is 2.69. The van der Waals surface area contributed by atoms with Gasteiger partial charge in [-0.2, -0.15) is 0 Å². The maximum atomic E-state index is 11.6. The number of Topliss-reactive ketones (excluding diaryl/α,β-unsaturated/α-hetero) is 1. The Morgan fingerprint density at radius 2 is 2.17 bits per heavy atom. The summed E-state index contributed by atoms with van der Waals surface area (Å²) in [6, 6.07) is 5.90. The monoisotopic (exact) mass is 264 g/mol. The van der Waals surface area contributed by atoms with E-state index in [0.717, 1.165) is 17.0 Å². The van der Waals surface area contributed by atoms with E-state index in [2.05, 4.69) is 23.2 Å². The van der Waals surface area contributed by atoms with Crippen LogP contribution in [0.15, 0.2) is 24.4 Å². The Hall–Kier alpha value is -1.35. The zero-order valence-corrected chi connectivity index (χ0v) is 11.7. The van der Waals surface area contributed by atoms with Crippen molar-refractivity contribution in [2.45, 2.75) is 32.6 Å². The average Bonchev–Trinajstić information content (AvgIpc) is 2.64. The molecule has 0 aromatic carbocycles. The molecule has 0 fully saturated rings. The molecule has 18 heavy (non-hydrogen) atoms. The van der Waals surface area contributed by atoms with Gasteiger partial charge in [0, 0.05) is 18.0 Å². The Balaban J connectivity index is 2.52. The van der Waals surface area contributed by atoms with Crippen molar-refractivity contribution >= 4 is 23.0 Å². The predicted molar refractivity (Wildman–Crippen MR) is 73.3 cm³/mol. The summed E-state index contributed by atoms with van der Waals surface area (Å²) < 4.78 is 2.05. The number of hydrogen-bond acceptors (Lipinski definition) is 2. The lowest BCUT2D eigenvalue weighted by molar-refractivity contribution is -0.117. The van der Waals surface area contributed by atoms with E-state index < -0.39 is 0 Å². The van der Waals surface area contributed by atoms with Gasteiger partial charge in [0.05, 0.1) is 17.3 Å². The number of fused-ring (bicyclic) bond motifs is 1. The molecule has 2 aromatic heterocycles. The smallest absolute Gasteiger partial charge is 0.148 e. The van der Waals surface area contributed by atoms with Crippen LogP contribution in [0.5, 0.6) is 0 Å². The van der Waals surface area contributed by atoms with Crippen molar-refractivity contribution in [2.24, 2.45) is 0 Å². The Morgan fingerprint density at radius 3 is 2.83 bits per heavy atom. The molecule has 0 N–H and O–H groups in total. The molecule has 4 heteroatoms. The van der Waals surface area contributed by atoms with E-state index in [-0.39, 0.29) is 17.1 Å². The van der Waals surface area contributed by atoms with Gasteiger partial charge in [-0.15, -0.1) is 11.6 Å². The summed E-state index contributed by atoms with van der Waals surface area (Å²) in [7, 11) is 0. The van der Waals surface area contributed by atoms with Gasteiger partial charge in [-0.1, -0.05) is 19.9 Å². The number of imidazole rings is 1. The van der Waals surface area contributed by atoms with Crippen molar-refractivity contribution in [3.63, 3.8) is 0 Å². The molecule has 0 radical (unpaired) electrons. The molecule has 0 saturated heterocycles. The molecule has 0 bridgehead atoms. The molecule has 0 amide bonds. The zero-order valence-electron chi connectivity index (χ0n) is 10.9. The largest absolute Gasteiger partial charge is 0.303 e. The molecule has 0 atom stereocenters. The number of carbonyl (C=O) groups excluding carboxylic acids is 1. The van der Waals surface area contributed by atoms with Gasteiger partial charge in [-0.3, -0.25) is 4.79 Å². The molecule has 0 saturated carbocycles. The minimum atomic E-state index is -0.267. The normalized spacial score (nSPS) is 12.0. The number of rotatable bonds is 4. The fraction of sp³-hybridized carbons (Fsp3) is 0.429. The second-order valence-electron chi connectivity index (χ2n) is 5.21. The Bertz CT molecular complexity index is 586. The van der Waals surface area contributed by atoms with Crippen molar-refractivity contribution in [3.8, 4) is 0 Å². The first-order valence-corrected chi connectivity index (χ1v) is 6.51. The van der Waals surface area contributed by atoms with Crippen LogP contribution in [0.3, 0.4) is 0 Å². The van der Waals surface area contributed by atoms with E-state index in [4.69, 9.17) is 11.6 Å². The highest BCUT2D eigenvalue weighted by molar-refractivity contribution is 6.27. The molecule has 0 aliphatic carbocycles. The van der Waals surface area contributed by atoms with Gasteiger partial charge in [0.25, 0.3) is 0 Å². The SMILES string of the molecule is Cc1nc2ccccn2c1C(C)(C)CC(=O)CCl. The van der Waals surface area contributed by atoms with Crippen LogP contribution in [-0.4, -0.2) is 21.0 Å². The van der Waals surface area contributed by atoms with Crippen molar-refractivity contribution in [1.29, 1.82) is 0 Å². The Labute approximate surface area is 112 Å². The Morgan fingerprint density at radius 1 is 1.44 bits per heavy atom. The Kier molecular flexibility index (Phi) is 3.44. The van der Waals surface area contributed by atoms with Crippen LogP contribution in [-0.2, 0) is 10.2 Å². The summed E-state index contributed by atoms with van der Waals surface area (Å²) in [6.45, 7) is 6.09. The van der Waals surface area contributed by atoms with Crippen LogP contribution in [0, 0.1) is 6.92 Å². The van der Waals surface area contributed by atoms with Crippen LogP contribution in [0.1, 0.15) is 31.7 Å². The highest BCUT2D eigenvalue weighted by Gasteiger charge is 2.29. The van der Waals surface area contributed by atoms with Crippen LogP contribution in [0.2, 0.25) is 0 Å². The first-order valence-electron chi connectivity index (χ1n) is 5.97. The zero-order chi connectivity index (χ0) is 13.3. The van der Waals surface area contributed by atoms with Gasteiger partial charge >= 0.3 is 0 Å². The quantitative estimate of drug-likeness (QED) is 0.795. The van der Waals surface area contributed by atoms with Crippen LogP contribution in [0.25, 0.3) is 5.65 Å². The van der Waals surface area contributed by atoms with E-state index in [1.54, 1.807) is 0 Å². The number of aromatic nitrogens is 2. The summed E-state index contributed by atoms with van der Waals surface area (Å²) in [5, 5.41) is 0. The number of aryl methyl sites for hydroxylation is 1. The topological polar surface area (TPSA) is 34.4 Å². The first kappa shape index (κ1) is 13.1. The second-order valence-corrected chi connectivity index (χ2v) is 5.47. The molecular formula is C14H17ClN2O. The van der Waals surface area contributed by atoms with Crippen LogP contribution < -0.4 is 0 Å². The number of nitrogens with zero attached hydrogens (tertiary/aromatic N) is 2. The van der Waals surface area contributed by atoms with Gasteiger partial charge in [-0.05, 0) is 19.1 Å². The number of hydrogen-bond donors (Lipinski definition) is 0. The molecule has 96 valence electrons. The van der Waals surface area contributed by atoms with E-state index in [1.165, 1.54) is 0 Å². The lowest BCUT2D eigenvalue weighted by Crippen LogP contribution is -2.25. The predicted octanol–water partition coefficient (Wildman–Crippen LogP) is 3.12. The number of carbonyl (C=O) groups is 1. The summed E-state index contributed by atoms with van der Waals surface area (Å²) in [4.78, 5) is 16.1. The summed E-state index contributed by atoms with van der Waals surface area (Å²) in [6.07, 6.45) is 2.41. The third-order valence-electron chi connectivity index (χ3n) is 3.13. The maximum absolute atomic E-state index is 11.6. The maximum Gasteiger partial charge on any atom is 0.148 e. The number of halogens is 1. The number of ketones is 1. The number of alkyl halides is 1. The molecule has 0 aliphatic rings. The van der Waals surface area contributed by atoms with E-state index in [0.29, 0.717) is 6.42 Å². The summed E-state index contributed by atoms with van der Waals surface area (Å²) >= 11 is 5.61. The third kappa shape index (κ3) is 2.27. The molecule has 0 aliphatic heterocycles. The summed E-state index contributed by atoms with van der Waals surface area (Å²) in [5.74, 6) is 0.131. The van der Waals surface area contributed by atoms with Gasteiger partial charge in [-0.25, -0.2) is 4.98 Å². The molecular weight excluding hydrogens is 248 g/mol. The molecule has 0 spiro atoms. The highest BCUT2D eigenvalue weighted by Crippen LogP contribution is 2.30. The third-order valence-corrected chi connectivity index (χ3v) is 3.43. The van der Waals surface area contributed by atoms with Gasteiger partial charge in [0.15, 0.2) is 0 Å². The average molecular weight is 265 g/mol. The standard InChI is InChI=1S/C14H17ClN2O/c1-10-13(14(2,3)8-11(18)9-15)17-7-5-4-6-12(17)16-10/h4-7H,8-9H2,1-3H3. The minimum Gasteiger partial charge on any atom is -0.303 e. The lowest BCUT2D eigenvalue weighted by Gasteiger charge is -2.24. The minimum absolute atomic E-state index is 0.0620. The molecule has 2 heterocycles. The van der Waals surface area contributed by atoms with E-state index in [9.17, 15) is 4.79 Å². The molecule has 2 rings (SSSR count). The lowest BCUT2D eigenvalue weighted by atomic mass is 9.83. The van der Waals surface area contributed by atoms with Crippen LogP contribution >= 0.6 is 11.6 Å². The first-order chi connectivity index (χ1) is 8.45. The van der Waals surface area contributed by atoms with Gasteiger partial charge in [0.2, 0.25) is 0 Å². The van der Waals surface area contributed by atoms with Gasteiger partial charge in [0.1, 0.15) is 11.4 Å². The van der Waals surface area contributed by atoms with Crippen molar-refractivity contribution in [2.75, 3.05) is 5.88 Å². The molecule has 0 unspecified atom stereocenters. The fourth-order valence-electron chi connectivity index (χ4n) is 2.55. The van der Waals surface area contributed by atoms with E-state index in [1.807, 2.05) is 31.3 Å². The van der Waals surface area contributed by atoms with Gasteiger partial charge < -0.3 is 4.40 Å². The molecule has 2 aromatic rings. The molecule has 3 nitrogen and oxygen atoms in total. The second kappa shape index (κ2) is 4.73. The fourth-order valence-corrected chi connectivity index (χ4v) is 2.65. The van der Waals surface area contributed by atoms with Crippen molar-refractivity contribution in [1.82, 2.24) is 9.38 Å². The van der Waals surface area contributed by atoms with Crippen molar-refractivity contribution in [3.05, 3.63) is 35.8 Å². The van der Waals surface area contributed by atoms with Crippen molar-refractivity contribution < 1.29 is 4.79 Å². The number of pyridine rings is 1.